The van der Waals surface area contributed by atoms with Crippen LogP contribution in [0.4, 0.5) is 11.4 Å². The SMILES string of the molecule is Cl.NN(CCC1CCCC1)c1ccc(Cl)cc1.NNc1ccc(Cl)cc1. The van der Waals surface area contributed by atoms with Crippen molar-refractivity contribution >= 4 is 47.0 Å². The molecule has 0 radical (unpaired) electrons. The largest absolute Gasteiger partial charge is 0.324 e. The Labute approximate surface area is 172 Å². The van der Waals surface area contributed by atoms with E-state index in [-0.39, 0.29) is 12.4 Å². The summed E-state index contributed by atoms with van der Waals surface area (Å²) in [4.78, 5) is 0. The molecule has 1 saturated carbocycles. The molecule has 0 unspecified atom stereocenters. The summed E-state index contributed by atoms with van der Waals surface area (Å²) in [6, 6.07) is 14.9. The summed E-state index contributed by atoms with van der Waals surface area (Å²) in [5.41, 5.74) is 4.40. The second kappa shape index (κ2) is 12.3. The normalized spacial score (nSPS) is 13.4. The van der Waals surface area contributed by atoms with Crippen LogP contribution in [-0.2, 0) is 0 Å². The highest BCUT2D eigenvalue weighted by atomic mass is 35.5. The number of nitrogens with one attached hydrogen (secondary N) is 1. The molecule has 1 aliphatic carbocycles. The fourth-order valence-electron chi connectivity index (χ4n) is 2.93. The van der Waals surface area contributed by atoms with E-state index in [0.29, 0.717) is 5.02 Å². The zero-order valence-electron chi connectivity index (χ0n) is 14.7. The molecule has 0 saturated heterocycles. The van der Waals surface area contributed by atoms with Gasteiger partial charge in [0.2, 0.25) is 0 Å². The standard InChI is InChI=1S/C13H19ClN2.C6H7ClN2.ClH/c14-12-5-7-13(8-6-12)16(15)10-9-11-3-1-2-4-11;7-5-1-3-6(9-8)4-2-5;/h5-8,11H,1-4,9-10,15H2;1-4,9H,8H2;1H. The summed E-state index contributed by atoms with van der Waals surface area (Å²) in [5, 5.41) is 3.30. The van der Waals surface area contributed by atoms with Crippen molar-refractivity contribution in [3.63, 3.8) is 0 Å². The van der Waals surface area contributed by atoms with E-state index < -0.39 is 0 Å². The van der Waals surface area contributed by atoms with Crippen LogP contribution in [0.5, 0.6) is 0 Å². The van der Waals surface area contributed by atoms with Crippen molar-refractivity contribution in [2.24, 2.45) is 17.6 Å². The smallest absolute Gasteiger partial charge is 0.0518 e. The number of benzene rings is 2. The van der Waals surface area contributed by atoms with Crippen molar-refractivity contribution in [1.29, 1.82) is 0 Å². The van der Waals surface area contributed by atoms with Gasteiger partial charge in [0.1, 0.15) is 0 Å². The Morgan fingerprint density at radius 2 is 1.42 bits per heavy atom. The van der Waals surface area contributed by atoms with Crippen LogP contribution in [0.3, 0.4) is 0 Å². The molecule has 7 heteroatoms. The van der Waals surface area contributed by atoms with Gasteiger partial charge in [0.05, 0.1) is 5.69 Å². The second-order valence-electron chi connectivity index (χ2n) is 6.26. The zero-order chi connectivity index (χ0) is 18.1. The van der Waals surface area contributed by atoms with E-state index in [4.69, 9.17) is 34.9 Å². The first-order valence-corrected chi connectivity index (χ1v) is 9.34. The Morgan fingerprint density at radius 3 is 1.92 bits per heavy atom. The molecule has 0 amide bonds. The van der Waals surface area contributed by atoms with E-state index in [1.807, 2.05) is 41.4 Å². The monoisotopic (exact) mass is 416 g/mol. The third-order valence-corrected chi connectivity index (χ3v) is 4.93. The highest BCUT2D eigenvalue weighted by molar-refractivity contribution is 6.30. The molecule has 1 aliphatic rings. The van der Waals surface area contributed by atoms with E-state index in [2.05, 4.69) is 5.43 Å². The first-order chi connectivity index (χ1) is 12.1. The van der Waals surface area contributed by atoms with Gasteiger partial charge >= 0.3 is 0 Å². The summed E-state index contributed by atoms with van der Waals surface area (Å²) in [6.07, 6.45) is 6.77. The van der Waals surface area contributed by atoms with Crippen molar-refractivity contribution in [1.82, 2.24) is 0 Å². The van der Waals surface area contributed by atoms with Crippen molar-refractivity contribution in [2.45, 2.75) is 32.1 Å². The minimum Gasteiger partial charge on any atom is -0.324 e. The molecular weight excluding hydrogens is 391 g/mol. The van der Waals surface area contributed by atoms with Crippen LogP contribution in [-0.4, -0.2) is 6.54 Å². The number of nitrogens with zero attached hydrogens (tertiary/aromatic N) is 1. The van der Waals surface area contributed by atoms with Gasteiger partial charge in [-0.2, -0.15) is 0 Å². The van der Waals surface area contributed by atoms with E-state index in [0.717, 1.165) is 28.9 Å². The van der Waals surface area contributed by atoms with Crippen molar-refractivity contribution < 1.29 is 0 Å². The number of halogens is 3. The molecule has 2 aromatic carbocycles. The van der Waals surface area contributed by atoms with Crippen LogP contribution in [0.25, 0.3) is 0 Å². The summed E-state index contributed by atoms with van der Waals surface area (Å²) in [7, 11) is 0. The third-order valence-electron chi connectivity index (χ3n) is 4.42. The summed E-state index contributed by atoms with van der Waals surface area (Å²) in [6.45, 7) is 0.937. The molecule has 3 rings (SSSR count). The van der Waals surface area contributed by atoms with Crippen molar-refractivity contribution in [3.05, 3.63) is 58.6 Å². The summed E-state index contributed by atoms with van der Waals surface area (Å²) < 4.78 is 0. The molecule has 0 aromatic heterocycles. The quantitative estimate of drug-likeness (QED) is 0.434. The number of nitrogen functional groups attached to an aromatic ring is 1. The number of anilines is 2. The molecular formula is C19H27Cl3N4. The maximum atomic E-state index is 6.01. The van der Waals surface area contributed by atoms with Crippen LogP contribution in [0.15, 0.2) is 48.5 Å². The fraction of sp³-hybridized carbons (Fsp3) is 0.368. The van der Waals surface area contributed by atoms with Gasteiger partial charge in [-0.3, -0.25) is 5.84 Å². The van der Waals surface area contributed by atoms with Gasteiger partial charge in [0.25, 0.3) is 0 Å². The van der Waals surface area contributed by atoms with Crippen molar-refractivity contribution in [3.8, 4) is 0 Å². The molecule has 0 atom stereocenters. The number of nitrogens with two attached hydrogens (primary N) is 2. The van der Waals surface area contributed by atoms with Crippen LogP contribution in [0, 0.1) is 5.92 Å². The number of hydrogen-bond acceptors (Lipinski definition) is 4. The van der Waals surface area contributed by atoms with Crippen LogP contribution in [0.2, 0.25) is 10.0 Å². The molecule has 0 aliphatic heterocycles. The van der Waals surface area contributed by atoms with E-state index in [1.165, 1.54) is 32.1 Å². The van der Waals surface area contributed by atoms with Crippen molar-refractivity contribution in [2.75, 3.05) is 17.0 Å². The van der Waals surface area contributed by atoms with Gasteiger partial charge in [0.15, 0.2) is 0 Å². The van der Waals surface area contributed by atoms with E-state index >= 15 is 0 Å². The summed E-state index contributed by atoms with van der Waals surface area (Å²) >= 11 is 11.4. The highest BCUT2D eigenvalue weighted by Gasteiger charge is 2.15. The number of hydrogen-bond donors (Lipinski definition) is 3. The minimum absolute atomic E-state index is 0. The van der Waals surface area contributed by atoms with Gasteiger partial charge in [0, 0.05) is 22.3 Å². The molecule has 4 nitrogen and oxygen atoms in total. The molecule has 1 fully saturated rings. The van der Waals surface area contributed by atoms with E-state index in [9.17, 15) is 0 Å². The van der Waals surface area contributed by atoms with Crippen LogP contribution in [0.1, 0.15) is 32.1 Å². The maximum Gasteiger partial charge on any atom is 0.0518 e. The minimum atomic E-state index is 0. The molecule has 2 aromatic rings. The summed E-state index contributed by atoms with van der Waals surface area (Å²) in [5.74, 6) is 12.0. The van der Waals surface area contributed by atoms with Gasteiger partial charge < -0.3 is 10.4 Å². The Morgan fingerprint density at radius 1 is 0.923 bits per heavy atom. The maximum absolute atomic E-state index is 6.01. The zero-order valence-corrected chi connectivity index (χ0v) is 17.0. The Balaban J connectivity index is 0.000000290. The van der Waals surface area contributed by atoms with Gasteiger partial charge in [-0.1, -0.05) is 48.9 Å². The van der Waals surface area contributed by atoms with Gasteiger partial charge in [-0.25, -0.2) is 5.84 Å². The Bertz CT molecular complexity index is 614. The Hall–Kier alpha value is -1.17. The topological polar surface area (TPSA) is 67.3 Å². The third kappa shape index (κ3) is 8.02. The molecule has 0 spiro atoms. The molecule has 144 valence electrons. The molecule has 26 heavy (non-hydrogen) atoms. The molecule has 5 N–H and O–H groups in total. The number of hydrazine groups is 2. The predicted molar refractivity (Wildman–Crippen MR) is 116 cm³/mol. The second-order valence-corrected chi connectivity index (χ2v) is 7.13. The first-order valence-electron chi connectivity index (χ1n) is 8.58. The van der Waals surface area contributed by atoms with Gasteiger partial charge in [-0.15, -0.1) is 12.4 Å². The lowest BCUT2D eigenvalue weighted by Gasteiger charge is -2.20. The lowest BCUT2D eigenvalue weighted by atomic mass is 10.0. The molecule has 0 bridgehead atoms. The van der Waals surface area contributed by atoms with Gasteiger partial charge in [-0.05, 0) is 60.9 Å². The lowest BCUT2D eigenvalue weighted by molar-refractivity contribution is 0.501. The lowest BCUT2D eigenvalue weighted by Crippen LogP contribution is -2.32. The molecule has 0 heterocycles. The number of rotatable bonds is 5. The fourth-order valence-corrected chi connectivity index (χ4v) is 3.18. The predicted octanol–water partition coefficient (Wildman–Crippen LogP) is 5.65. The van der Waals surface area contributed by atoms with E-state index in [1.54, 1.807) is 12.1 Å². The van der Waals surface area contributed by atoms with Crippen LogP contribution < -0.4 is 22.1 Å². The first kappa shape index (κ1) is 22.9. The Kier molecular flexibility index (Phi) is 10.8. The highest BCUT2D eigenvalue weighted by Crippen LogP contribution is 2.28. The van der Waals surface area contributed by atoms with Crippen LogP contribution >= 0.6 is 35.6 Å². The average molecular weight is 418 g/mol. The average Bonchev–Trinajstić information content (AvgIpc) is 3.15.